The molecule has 134 valence electrons. The van der Waals surface area contributed by atoms with Gasteiger partial charge in [-0.05, 0) is 62.7 Å². The van der Waals surface area contributed by atoms with Gasteiger partial charge in [0.25, 0.3) is 0 Å². The molecule has 2 heterocycles. The number of carbonyl (C=O) groups is 1. The van der Waals surface area contributed by atoms with E-state index in [1.165, 1.54) is 0 Å². The Kier molecular flexibility index (Phi) is 4.01. The summed E-state index contributed by atoms with van der Waals surface area (Å²) < 4.78 is 16.7. The summed E-state index contributed by atoms with van der Waals surface area (Å²) in [5, 5.41) is 0.658. The summed E-state index contributed by atoms with van der Waals surface area (Å²) in [6.07, 6.45) is -0.763. The standard InChI is InChI=1S/C20H18ClNO4/c1-11(2)24-19(23)17-20(3,26-17)13-6-9-16-15(10-13)22-18(25-16)12-4-7-14(21)8-5-12/h4-11,17H,1-3H3. The van der Waals surface area contributed by atoms with Crippen LogP contribution in [0.25, 0.3) is 22.6 Å². The highest BCUT2D eigenvalue weighted by Crippen LogP contribution is 2.47. The quantitative estimate of drug-likeness (QED) is 0.490. The Hall–Kier alpha value is -2.37. The number of oxazole rings is 1. The van der Waals surface area contributed by atoms with Gasteiger partial charge < -0.3 is 13.9 Å². The highest BCUT2D eigenvalue weighted by Gasteiger charge is 2.59. The molecule has 3 aromatic rings. The van der Waals surface area contributed by atoms with Crippen molar-refractivity contribution in [1.29, 1.82) is 0 Å². The van der Waals surface area contributed by atoms with Crippen LogP contribution < -0.4 is 0 Å². The van der Waals surface area contributed by atoms with E-state index in [4.69, 9.17) is 25.5 Å². The first kappa shape index (κ1) is 17.1. The van der Waals surface area contributed by atoms with E-state index in [1.54, 1.807) is 12.1 Å². The molecule has 6 heteroatoms. The van der Waals surface area contributed by atoms with Crippen molar-refractivity contribution in [2.75, 3.05) is 0 Å². The molecule has 26 heavy (non-hydrogen) atoms. The van der Waals surface area contributed by atoms with Gasteiger partial charge in [0.2, 0.25) is 5.89 Å². The highest BCUT2D eigenvalue weighted by atomic mass is 35.5. The van der Waals surface area contributed by atoms with Gasteiger partial charge in [0.1, 0.15) is 11.1 Å². The third-order valence-electron chi connectivity index (χ3n) is 4.42. The number of esters is 1. The first-order chi connectivity index (χ1) is 12.4. The minimum Gasteiger partial charge on any atom is -0.461 e. The molecule has 0 amide bonds. The zero-order chi connectivity index (χ0) is 18.5. The van der Waals surface area contributed by atoms with E-state index in [1.807, 2.05) is 51.1 Å². The molecule has 5 nitrogen and oxygen atoms in total. The largest absolute Gasteiger partial charge is 0.461 e. The smallest absolute Gasteiger partial charge is 0.338 e. The van der Waals surface area contributed by atoms with E-state index >= 15 is 0 Å². The topological polar surface area (TPSA) is 64.9 Å². The van der Waals surface area contributed by atoms with Crippen LogP contribution in [-0.2, 0) is 19.9 Å². The van der Waals surface area contributed by atoms with Gasteiger partial charge in [0.15, 0.2) is 11.7 Å². The van der Waals surface area contributed by atoms with Crippen LogP contribution in [0.4, 0.5) is 0 Å². The molecule has 1 aliphatic rings. The van der Waals surface area contributed by atoms with E-state index in [0.29, 0.717) is 22.0 Å². The number of halogens is 1. The number of aromatic nitrogens is 1. The lowest BCUT2D eigenvalue weighted by molar-refractivity contribution is -0.148. The summed E-state index contributed by atoms with van der Waals surface area (Å²) in [6.45, 7) is 5.51. The first-order valence-electron chi connectivity index (χ1n) is 8.42. The SMILES string of the molecule is CC(C)OC(=O)C1OC1(C)c1ccc2oc(-c3ccc(Cl)cc3)nc2c1. The van der Waals surface area contributed by atoms with Gasteiger partial charge in [-0.3, -0.25) is 0 Å². The lowest BCUT2D eigenvalue weighted by Crippen LogP contribution is -2.21. The Morgan fingerprint density at radius 1 is 1.23 bits per heavy atom. The highest BCUT2D eigenvalue weighted by molar-refractivity contribution is 6.30. The average molecular weight is 372 g/mol. The Labute approximate surface area is 155 Å². The molecule has 1 saturated heterocycles. The predicted octanol–water partition coefficient (Wildman–Crippen LogP) is 4.71. The fourth-order valence-corrected chi connectivity index (χ4v) is 3.08. The van der Waals surface area contributed by atoms with Crippen molar-refractivity contribution in [2.45, 2.75) is 38.6 Å². The summed E-state index contributed by atoms with van der Waals surface area (Å²) in [7, 11) is 0. The number of epoxide rings is 1. The fraction of sp³-hybridized carbons (Fsp3) is 0.300. The van der Waals surface area contributed by atoms with Crippen LogP contribution in [0.15, 0.2) is 46.9 Å². The second-order valence-electron chi connectivity index (χ2n) is 6.80. The van der Waals surface area contributed by atoms with Crippen LogP contribution in [0.1, 0.15) is 26.3 Å². The van der Waals surface area contributed by atoms with E-state index in [0.717, 1.165) is 11.1 Å². The van der Waals surface area contributed by atoms with Crippen LogP contribution in [0.3, 0.4) is 0 Å². The normalized spacial score (nSPS) is 22.0. The minimum absolute atomic E-state index is 0.170. The van der Waals surface area contributed by atoms with E-state index in [-0.39, 0.29) is 12.1 Å². The number of benzene rings is 2. The Balaban J connectivity index is 1.62. The van der Waals surface area contributed by atoms with Crippen molar-refractivity contribution in [3.63, 3.8) is 0 Å². The molecule has 1 aliphatic heterocycles. The van der Waals surface area contributed by atoms with Crippen molar-refractivity contribution < 1.29 is 18.7 Å². The Morgan fingerprint density at radius 2 is 1.96 bits per heavy atom. The predicted molar refractivity (Wildman–Crippen MR) is 97.9 cm³/mol. The lowest BCUT2D eigenvalue weighted by atomic mass is 9.97. The van der Waals surface area contributed by atoms with Gasteiger partial charge in [-0.2, -0.15) is 0 Å². The number of nitrogens with zero attached hydrogens (tertiary/aromatic N) is 1. The second kappa shape index (κ2) is 6.11. The molecule has 2 atom stereocenters. The molecule has 0 spiro atoms. The van der Waals surface area contributed by atoms with Gasteiger partial charge in [-0.25, -0.2) is 9.78 Å². The zero-order valence-corrected chi connectivity index (χ0v) is 15.4. The van der Waals surface area contributed by atoms with Gasteiger partial charge >= 0.3 is 5.97 Å². The summed E-state index contributed by atoms with van der Waals surface area (Å²) >= 11 is 5.92. The number of rotatable bonds is 4. The minimum atomic E-state index is -0.695. The van der Waals surface area contributed by atoms with E-state index in [9.17, 15) is 4.79 Å². The average Bonchev–Trinajstić information content (AvgIpc) is 3.12. The maximum absolute atomic E-state index is 12.1. The molecule has 2 unspecified atom stereocenters. The molecule has 0 saturated carbocycles. The lowest BCUT2D eigenvalue weighted by Gasteiger charge is -2.08. The van der Waals surface area contributed by atoms with E-state index in [2.05, 4.69) is 4.98 Å². The molecule has 4 rings (SSSR count). The molecule has 1 aromatic heterocycles. The Bertz CT molecular complexity index is 979. The van der Waals surface area contributed by atoms with Crippen LogP contribution >= 0.6 is 11.6 Å². The molecular weight excluding hydrogens is 354 g/mol. The van der Waals surface area contributed by atoms with Crippen LogP contribution in [-0.4, -0.2) is 23.2 Å². The third-order valence-corrected chi connectivity index (χ3v) is 4.68. The Morgan fingerprint density at radius 3 is 2.65 bits per heavy atom. The molecule has 0 bridgehead atoms. The zero-order valence-electron chi connectivity index (χ0n) is 14.7. The second-order valence-corrected chi connectivity index (χ2v) is 7.24. The maximum Gasteiger partial charge on any atom is 0.338 e. The van der Waals surface area contributed by atoms with Gasteiger partial charge in [-0.15, -0.1) is 0 Å². The van der Waals surface area contributed by atoms with Gasteiger partial charge in [0.05, 0.1) is 6.10 Å². The number of fused-ring (bicyclic) bond motifs is 1. The van der Waals surface area contributed by atoms with Crippen LogP contribution in [0, 0.1) is 0 Å². The number of hydrogen-bond donors (Lipinski definition) is 0. The van der Waals surface area contributed by atoms with Crippen molar-refractivity contribution in [3.8, 4) is 11.5 Å². The van der Waals surface area contributed by atoms with E-state index < -0.39 is 11.7 Å². The van der Waals surface area contributed by atoms with Crippen molar-refractivity contribution in [2.24, 2.45) is 0 Å². The molecule has 0 aliphatic carbocycles. The number of hydrogen-bond acceptors (Lipinski definition) is 5. The fourth-order valence-electron chi connectivity index (χ4n) is 2.95. The maximum atomic E-state index is 12.1. The summed E-state index contributed by atoms with van der Waals surface area (Å²) in [6, 6.07) is 12.9. The van der Waals surface area contributed by atoms with Crippen molar-refractivity contribution in [3.05, 3.63) is 53.1 Å². The van der Waals surface area contributed by atoms with Gasteiger partial charge in [-0.1, -0.05) is 17.7 Å². The van der Waals surface area contributed by atoms with Crippen molar-refractivity contribution in [1.82, 2.24) is 4.98 Å². The van der Waals surface area contributed by atoms with Crippen LogP contribution in [0.2, 0.25) is 5.02 Å². The molecule has 2 aromatic carbocycles. The molecular formula is C20H18ClNO4. The summed E-state index contributed by atoms with van der Waals surface area (Å²) in [5.41, 5.74) is 2.40. The molecule has 0 radical (unpaired) electrons. The van der Waals surface area contributed by atoms with Crippen molar-refractivity contribution >= 4 is 28.7 Å². The first-order valence-corrected chi connectivity index (χ1v) is 8.80. The molecule has 1 fully saturated rings. The van der Waals surface area contributed by atoms with Crippen LogP contribution in [0.5, 0.6) is 0 Å². The molecule has 0 N–H and O–H groups in total. The summed E-state index contributed by atoms with van der Waals surface area (Å²) in [4.78, 5) is 16.6. The third kappa shape index (κ3) is 2.97. The van der Waals surface area contributed by atoms with Gasteiger partial charge in [0, 0.05) is 10.6 Å². The summed E-state index contributed by atoms with van der Waals surface area (Å²) in [5.74, 6) is 0.177. The number of ether oxygens (including phenoxy) is 2. The number of carbonyl (C=O) groups excluding carboxylic acids is 1. The monoisotopic (exact) mass is 371 g/mol.